The number of ether oxygens (including phenoxy) is 1. The second-order valence-corrected chi connectivity index (χ2v) is 9.86. The van der Waals surface area contributed by atoms with Crippen LogP contribution in [0.15, 0.2) is 70.5 Å². The first kappa shape index (κ1) is 23.8. The molecule has 0 fully saturated rings. The summed E-state index contributed by atoms with van der Waals surface area (Å²) < 4.78 is 12.1. The maximum absolute atomic E-state index is 13.5. The Morgan fingerprint density at radius 3 is 2.78 bits per heavy atom. The largest absolute Gasteiger partial charge is 0.503 e. The fourth-order valence-electron chi connectivity index (χ4n) is 4.46. The zero-order valence-electron chi connectivity index (χ0n) is 20.3. The predicted octanol–water partition coefficient (Wildman–Crippen LogP) is 6.47. The standard InChI is InChI=1S/C28H26N2O5S/c1-4-5-11-34-19-9-6-8-18(15-19)24-22(25(31)20-10-7-12-35-20)26(32)27(33)30(24)28-29-23-17(3)13-16(2)14-21(23)36-28/h6-10,12-15,24,32H,4-5,11H2,1-3H3. The van der Waals surface area contributed by atoms with Crippen LogP contribution >= 0.6 is 11.3 Å². The van der Waals surface area contributed by atoms with Gasteiger partial charge < -0.3 is 14.3 Å². The number of Topliss-reactive ketones (excluding diaryl/α,β-unsaturated/α-hetero) is 1. The van der Waals surface area contributed by atoms with Crippen molar-refractivity contribution < 1.29 is 23.8 Å². The Morgan fingerprint density at radius 2 is 2.03 bits per heavy atom. The van der Waals surface area contributed by atoms with Crippen LogP contribution in [0.5, 0.6) is 5.75 Å². The summed E-state index contributed by atoms with van der Waals surface area (Å²) in [6.45, 7) is 6.63. The van der Waals surface area contributed by atoms with Gasteiger partial charge in [0.05, 0.1) is 34.7 Å². The van der Waals surface area contributed by atoms with Gasteiger partial charge in [0.25, 0.3) is 5.91 Å². The molecule has 2 aromatic carbocycles. The number of hydrogen-bond donors (Lipinski definition) is 1. The molecule has 4 aromatic rings. The number of amides is 1. The number of ketones is 1. The van der Waals surface area contributed by atoms with Gasteiger partial charge in [-0.25, -0.2) is 4.98 Å². The number of carbonyl (C=O) groups is 2. The number of nitrogens with zero attached hydrogens (tertiary/aromatic N) is 2. The number of aliphatic hydroxyl groups is 1. The maximum atomic E-state index is 13.5. The van der Waals surface area contributed by atoms with Gasteiger partial charge in [0.2, 0.25) is 5.78 Å². The molecule has 184 valence electrons. The SMILES string of the molecule is CCCCOc1cccc(C2C(C(=O)c3ccco3)=C(O)C(=O)N2c2nc3c(C)cc(C)cc3s2)c1. The van der Waals surface area contributed by atoms with Gasteiger partial charge in [-0.15, -0.1) is 0 Å². The van der Waals surface area contributed by atoms with Crippen molar-refractivity contribution in [3.05, 3.63) is 88.6 Å². The van der Waals surface area contributed by atoms with Crippen LogP contribution < -0.4 is 9.64 Å². The van der Waals surface area contributed by atoms with Crippen LogP contribution in [0.3, 0.4) is 0 Å². The molecule has 0 saturated carbocycles. The lowest BCUT2D eigenvalue weighted by Crippen LogP contribution is -2.31. The Labute approximate surface area is 212 Å². The van der Waals surface area contributed by atoms with Gasteiger partial charge in [0.15, 0.2) is 16.7 Å². The summed E-state index contributed by atoms with van der Waals surface area (Å²) in [7, 11) is 0. The van der Waals surface area contributed by atoms with Crippen molar-refractivity contribution in [2.45, 2.75) is 39.7 Å². The van der Waals surface area contributed by atoms with Crippen molar-refractivity contribution in [2.75, 3.05) is 11.5 Å². The molecule has 5 rings (SSSR count). The smallest absolute Gasteiger partial charge is 0.296 e. The number of aryl methyl sites for hydroxylation is 2. The van der Waals surface area contributed by atoms with E-state index in [-0.39, 0.29) is 11.3 Å². The lowest BCUT2D eigenvalue weighted by atomic mass is 9.95. The highest BCUT2D eigenvalue weighted by molar-refractivity contribution is 7.22. The Balaban J connectivity index is 1.64. The number of thiazole rings is 1. The van der Waals surface area contributed by atoms with Gasteiger partial charge in [-0.2, -0.15) is 0 Å². The number of unbranched alkanes of at least 4 members (excludes halogenated alkanes) is 1. The first-order valence-electron chi connectivity index (χ1n) is 11.8. The first-order chi connectivity index (χ1) is 17.4. The molecule has 0 aliphatic carbocycles. The van der Waals surface area contributed by atoms with E-state index in [4.69, 9.17) is 14.1 Å². The number of hydrogen-bond acceptors (Lipinski definition) is 7. The number of aliphatic hydroxyl groups excluding tert-OH is 1. The fourth-order valence-corrected chi connectivity index (χ4v) is 5.63. The van der Waals surface area contributed by atoms with Gasteiger partial charge in [0.1, 0.15) is 5.75 Å². The second-order valence-electron chi connectivity index (χ2n) is 8.85. The van der Waals surface area contributed by atoms with Crippen LogP contribution in [0.4, 0.5) is 5.13 Å². The number of aromatic nitrogens is 1. The third-order valence-electron chi connectivity index (χ3n) is 6.16. The molecule has 1 N–H and O–H groups in total. The Bertz CT molecular complexity index is 1490. The number of rotatable bonds is 8. The van der Waals surface area contributed by atoms with Crippen molar-refractivity contribution >= 4 is 38.4 Å². The summed E-state index contributed by atoms with van der Waals surface area (Å²) >= 11 is 1.35. The number of benzene rings is 2. The summed E-state index contributed by atoms with van der Waals surface area (Å²) in [5.41, 5.74) is 3.45. The molecule has 1 aliphatic heterocycles. The summed E-state index contributed by atoms with van der Waals surface area (Å²) in [6, 6.07) is 13.5. The topological polar surface area (TPSA) is 92.9 Å². The average molecular weight is 503 g/mol. The zero-order valence-corrected chi connectivity index (χ0v) is 21.1. The van der Waals surface area contributed by atoms with E-state index in [0.717, 1.165) is 34.2 Å². The van der Waals surface area contributed by atoms with E-state index in [2.05, 4.69) is 6.92 Å². The molecular formula is C28H26N2O5S. The zero-order chi connectivity index (χ0) is 25.4. The average Bonchev–Trinajstić information content (AvgIpc) is 3.58. The Kier molecular flexibility index (Phi) is 6.36. The monoisotopic (exact) mass is 502 g/mol. The van der Waals surface area contributed by atoms with Crippen LogP contribution in [0.2, 0.25) is 0 Å². The molecule has 36 heavy (non-hydrogen) atoms. The summed E-state index contributed by atoms with van der Waals surface area (Å²) in [5.74, 6) is -1.17. The first-order valence-corrected chi connectivity index (χ1v) is 12.7. The molecule has 0 bridgehead atoms. The third kappa shape index (κ3) is 4.18. The highest BCUT2D eigenvalue weighted by Crippen LogP contribution is 2.45. The molecule has 1 atom stereocenters. The normalized spacial score (nSPS) is 15.8. The van der Waals surface area contributed by atoms with E-state index in [1.54, 1.807) is 12.1 Å². The molecule has 1 aliphatic rings. The molecule has 7 nitrogen and oxygen atoms in total. The van der Waals surface area contributed by atoms with Crippen LogP contribution in [-0.2, 0) is 4.79 Å². The van der Waals surface area contributed by atoms with Crippen LogP contribution in [0, 0.1) is 13.8 Å². The van der Waals surface area contributed by atoms with E-state index in [1.165, 1.54) is 28.6 Å². The Morgan fingerprint density at radius 1 is 1.19 bits per heavy atom. The third-order valence-corrected chi connectivity index (χ3v) is 7.16. The van der Waals surface area contributed by atoms with E-state index >= 15 is 0 Å². The number of furan rings is 1. The number of anilines is 1. The molecule has 0 saturated heterocycles. The van der Waals surface area contributed by atoms with Gasteiger partial charge in [-0.05, 0) is 67.3 Å². The van der Waals surface area contributed by atoms with E-state index in [9.17, 15) is 14.7 Å². The summed E-state index contributed by atoms with van der Waals surface area (Å²) in [4.78, 5) is 33.1. The molecule has 0 spiro atoms. The molecule has 1 amide bonds. The van der Waals surface area contributed by atoms with Crippen LogP contribution in [0.1, 0.15) is 53.1 Å². The van der Waals surface area contributed by atoms with Crippen LogP contribution in [0.25, 0.3) is 10.2 Å². The minimum atomic E-state index is -0.896. The van der Waals surface area contributed by atoms with Crippen molar-refractivity contribution in [1.82, 2.24) is 4.98 Å². The predicted molar refractivity (Wildman–Crippen MR) is 139 cm³/mol. The lowest BCUT2D eigenvalue weighted by Gasteiger charge is -2.24. The number of carbonyl (C=O) groups excluding carboxylic acids is 2. The summed E-state index contributed by atoms with van der Waals surface area (Å²) in [6.07, 6.45) is 3.29. The van der Waals surface area contributed by atoms with E-state index in [1.807, 2.05) is 44.2 Å². The van der Waals surface area contributed by atoms with Gasteiger partial charge in [0, 0.05) is 0 Å². The van der Waals surface area contributed by atoms with Crippen molar-refractivity contribution in [3.63, 3.8) is 0 Å². The summed E-state index contributed by atoms with van der Waals surface area (Å²) in [5, 5.41) is 11.4. The van der Waals surface area contributed by atoms with Gasteiger partial charge >= 0.3 is 0 Å². The molecule has 1 unspecified atom stereocenters. The van der Waals surface area contributed by atoms with Gasteiger partial charge in [-0.1, -0.05) is 42.9 Å². The maximum Gasteiger partial charge on any atom is 0.296 e. The van der Waals surface area contributed by atoms with Crippen LogP contribution in [-0.4, -0.2) is 28.4 Å². The highest BCUT2D eigenvalue weighted by Gasteiger charge is 2.46. The highest BCUT2D eigenvalue weighted by atomic mass is 32.1. The fraction of sp³-hybridized carbons (Fsp3) is 0.250. The van der Waals surface area contributed by atoms with Crippen molar-refractivity contribution in [1.29, 1.82) is 0 Å². The van der Waals surface area contributed by atoms with Gasteiger partial charge in [-0.3, -0.25) is 14.5 Å². The van der Waals surface area contributed by atoms with E-state index < -0.39 is 23.5 Å². The second kappa shape index (κ2) is 9.62. The number of fused-ring (bicyclic) bond motifs is 1. The molecular weight excluding hydrogens is 476 g/mol. The lowest BCUT2D eigenvalue weighted by molar-refractivity contribution is -0.117. The van der Waals surface area contributed by atoms with Crippen molar-refractivity contribution in [3.8, 4) is 5.75 Å². The minimum absolute atomic E-state index is 0.0438. The molecule has 2 aromatic heterocycles. The van der Waals surface area contributed by atoms with E-state index in [0.29, 0.717) is 23.1 Å². The van der Waals surface area contributed by atoms with Crippen molar-refractivity contribution in [2.24, 2.45) is 0 Å². The molecule has 3 heterocycles. The molecule has 0 radical (unpaired) electrons. The quantitative estimate of drug-likeness (QED) is 0.219. The molecule has 8 heteroatoms. The Hall–Kier alpha value is -3.91. The minimum Gasteiger partial charge on any atom is -0.503 e.